The molecule has 7 rings (SSSR count). The molecule has 1 saturated heterocycles. The summed E-state index contributed by atoms with van der Waals surface area (Å²) in [5.41, 5.74) is 11.9. The molecular weight excluding hydrogens is 781 g/mol. The zero-order valence-electron chi connectivity index (χ0n) is 37.6. The van der Waals surface area contributed by atoms with Crippen LogP contribution in [0.1, 0.15) is 70.7 Å². The van der Waals surface area contributed by atoms with Gasteiger partial charge in [0.1, 0.15) is 0 Å². The number of hydrogen-bond acceptors (Lipinski definition) is 11. The van der Waals surface area contributed by atoms with E-state index in [4.69, 9.17) is 14.7 Å². The number of benzene rings is 2. The van der Waals surface area contributed by atoms with Crippen LogP contribution in [0.4, 0.5) is 0 Å². The maximum atomic E-state index is 5.71. The first-order valence-corrected chi connectivity index (χ1v) is 23.8. The van der Waals surface area contributed by atoms with E-state index in [1.165, 1.54) is 22.3 Å². The lowest BCUT2D eigenvalue weighted by atomic mass is 9.92. The van der Waals surface area contributed by atoms with Crippen LogP contribution in [0.25, 0.3) is 11.3 Å². The van der Waals surface area contributed by atoms with Crippen LogP contribution in [-0.4, -0.2) is 98.5 Å². The number of aromatic nitrogens is 3. The van der Waals surface area contributed by atoms with Crippen molar-refractivity contribution in [3.63, 3.8) is 0 Å². The summed E-state index contributed by atoms with van der Waals surface area (Å²) in [5.74, 6) is 0.632. The minimum absolute atomic E-state index is 0.632. The first-order chi connectivity index (χ1) is 31.2. The predicted molar refractivity (Wildman–Crippen MR) is 256 cm³/mol. The van der Waals surface area contributed by atoms with Crippen molar-refractivity contribution in [2.24, 2.45) is 5.92 Å². The largest absolute Gasteiger partial charge is 0.381 e. The molecular formula is C52H72N10O. The van der Waals surface area contributed by atoms with E-state index in [9.17, 15) is 0 Å². The van der Waals surface area contributed by atoms with Crippen LogP contribution >= 0.6 is 0 Å². The Bertz CT molecular complexity index is 1970. The second kappa shape index (κ2) is 27.0. The van der Waals surface area contributed by atoms with Crippen molar-refractivity contribution in [3.05, 3.63) is 148 Å². The molecule has 63 heavy (non-hydrogen) atoms. The third kappa shape index (κ3) is 17.2. The van der Waals surface area contributed by atoms with Crippen molar-refractivity contribution < 1.29 is 4.74 Å². The van der Waals surface area contributed by atoms with E-state index in [1.54, 1.807) is 0 Å². The van der Waals surface area contributed by atoms with Gasteiger partial charge in [-0.15, -0.1) is 0 Å². The Kier molecular flexibility index (Phi) is 20.0. The van der Waals surface area contributed by atoms with E-state index in [1.807, 2.05) is 18.3 Å². The lowest BCUT2D eigenvalue weighted by Gasteiger charge is -2.23. The average Bonchev–Trinajstić information content (AvgIpc) is 3.31. The van der Waals surface area contributed by atoms with Crippen LogP contribution in [0.3, 0.4) is 0 Å². The Balaban J connectivity index is 0.853. The summed E-state index contributed by atoms with van der Waals surface area (Å²) in [6, 6.07) is 35.2. The summed E-state index contributed by atoms with van der Waals surface area (Å²) < 4.78 is 5.71. The van der Waals surface area contributed by atoms with Gasteiger partial charge in [-0.25, -0.2) is 0 Å². The summed E-state index contributed by atoms with van der Waals surface area (Å²) in [6.45, 7) is 15.8. The zero-order chi connectivity index (χ0) is 43.0. The number of nitrogens with zero attached hydrogens (tertiary/aromatic N) is 4. The van der Waals surface area contributed by atoms with Gasteiger partial charge in [-0.05, 0) is 123 Å². The SMILES string of the molecule is c1ccc(CNCc2ccc(CC3CCNCCc4cc(-c5cccc(CNCc6ccc(CN7CCNCCCOCCCNCC7)cc6)n5)cc(n4)CCNCC3)cc2)nc1. The summed E-state index contributed by atoms with van der Waals surface area (Å²) in [7, 11) is 0. The van der Waals surface area contributed by atoms with E-state index in [-0.39, 0.29) is 0 Å². The van der Waals surface area contributed by atoms with Crippen LogP contribution in [0, 0.1) is 5.92 Å². The minimum atomic E-state index is 0.632. The first-order valence-electron chi connectivity index (χ1n) is 23.8. The highest BCUT2D eigenvalue weighted by Crippen LogP contribution is 2.21. The molecule has 0 aliphatic carbocycles. The third-order valence-electron chi connectivity index (χ3n) is 12.1. The number of rotatable bonds is 13. The summed E-state index contributed by atoms with van der Waals surface area (Å²) >= 11 is 0. The van der Waals surface area contributed by atoms with Crippen LogP contribution in [0.5, 0.6) is 0 Å². The molecule has 6 N–H and O–H groups in total. The molecule has 5 aromatic rings. The molecule has 2 aliphatic heterocycles. The zero-order valence-corrected chi connectivity index (χ0v) is 37.6. The maximum absolute atomic E-state index is 5.71. The third-order valence-corrected chi connectivity index (χ3v) is 12.1. The molecule has 0 unspecified atom stereocenters. The molecule has 0 spiro atoms. The monoisotopic (exact) mass is 853 g/mol. The molecule has 2 aromatic carbocycles. The molecule has 336 valence electrons. The highest BCUT2D eigenvalue weighted by atomic mass is 16.5. The van der Waals surface area contributed by atoms with E-state index in [0.717, 1.165) is 184 Å². The van der Waals surface area contributed by atoms with Gasteiger partial charge in [0.15, 0.2) is 0 Å². The Morgan fingerprint density at radius 3 is 1.78 bits per heavy atom. The van der Waals surface area contributed by atoms with Crippen molar-refractivity contribution in [2.75, 3.05) is 78.7 Å². The van der Waals surface area contributed by atoms with Gasteiger partial charge in [0.2, 0.25) is 0 Å². The Hall–Kier alpha value is -4.43. The Morgan fingerprint density at radius 2 is 1.14 bits per heavy atom. The number of ether oxygens (including phenoxy) is 1. The van der Waals surface area contributed by atoms with Crippen molar-refractivity contribution in [1.29, 1.82) is 0 Å². The molecule has 2 bridgehead atoms. The fraction of sp³-hybridized carbons (Fsp3) is 0.481. The molecule has 1 fully saturated rings. The van der Waals surface area contributed by atoms with Gasteiger partial charge in [0.25, 0.3) is 0 Å². The lowest BCUT2D eigenvalue weighted by Crippen LogP contribution is -2.37. The highest BCUT2D eigenvalue weighted by molar-refractivity contribution is 5.60. The average molecular weight is 853 g/mol. The molecule has 0 radical (unpaired) electrons. The van der Waals surface area contributed by atoms with Crippen LogP contribution in [0.2, 0.25) is 0 Å². The first kappa shape index (κ1) is 46.6. The molecule has 0 amide bonds. The number of hydrogen-bond donors (Lipinski definition) is 6. The van der Waals surface area contributed by atoms with E-state index < -0.39 is 0 Å². The second-order valence-corrected chi connectivity index (χ2v) is 17.3. The van der Waals surface area contributed by atoms with E-state index in [0.29, 0.717) is 12.5 Å². The van der Waals surface area contributed by atoms with Crippen LogP contribution in [0.15, 0.2) is 103 Å². The minimum Gasteiger partial charge on any atom is -0.381 e. The van der Waals surface area contributed by atoms with Crippen molar-refractivity contribution in [2.45, 2.75) is 77.7 Å². The molecule has 5 heterocycles. The fourth-order valence-electron chi connectivity index (χ4n) is 8.45. The van der Waals surface area contributed by atoms with Gasteiger partial charge in [-0.2, -0.15) is 0 Å². The van der Waals surface area contributed by atoms with Crippen molar-refractivity contribution in [1.82, 2.24) is 51.8 Å². The standard InChI is InChI=1S/C52H72N10O/c1-2-23-59-50(6-1)39-57-37-44-11-9-42(10-12-44)34-43-17-24-55-26-19-48-35-47(36-49(60-48)20-27-56-25-18-43)52-8-3-7-51(61-52)40-58-38-45-13-15-46(16-14-45)41-62-30-28-53-21-4-32-63-33-5-22-54-29-31-62/h1-3,6-16,23,35-36,43,53-58H,4-5,17-22,24-34,37-41H2. The summed E-state index contributed by atoms with van der Waals surface area (Å²) in [4.78, 5) is 17.2. The van der Waals surface area contributed by atoms with Gasteiger partial charge in [-0.3, -0.25) is 19.9 Å². The Labute approximate surface area is 377 Å². The number of nitrogens with one attached hydrogen (secondary N) is 6. The van der Waals surface area contributed by atoms with Gasteiger partial charge < -0.3 is 36.6 Å². The normalized spacial score (nSPS) is 17.4. The van der Waals surface area contributed by atoms with Gasteiger partial charge >= 0.3 is 0 Å². The van der Waals surface area contributed by atoms with Gasteiger partial charge in [0, 0.05) is 121 Å². The topological polar surface area (TPSA) is 123 Å². The second-order valence-electron chi connectivity index (χ2n) is 17.3. The van der Waals surface area contributed by atoms with Gasteiger partial charge in [0.05, 0.1) is 17.1 Å². The highest BCUT2D eigenvalue weighted by Gasteiger charge is 2.13. The number of pyridine rings is 3. The molecule has 3 aromatic heterocycles. The molecule has 11 heteroatoms. The van der Waals surface area contributed by atoms with Gasteiger partial charge in [-0.1, -0.05) is 60.7 Å². The molecule has 0 saturated carbocycles. The van der Waals surface area contributed by atoms with Crippen LogP contribution in [-0.2, 0) is 56.7 Å². The van der Waals surface area contributed by atoms with E-state index in [2.05, 4.69) is 127 Å². The molecule has 11 nitrogen and oxygen atoms in total. The predicted octanol–water partition coefficient (Wildman–Crippen LogP) is 5.83. The molecule has 0 atom stereocenters. The molecule has 2 aliphatic rings. The van der Waals surface area contributed by atoms with E-state index >= 15 is 0 Å². The lowest BCUT2D eigenvalue weighted by molar-refractivity contribution is 0.128. The number of fused-ring (bicyclic) bond motifs is 2. The smallest absolute Gasteiger partial charge is 0.0707 e. The summed E-state index contributed by atoms with van der Waals surface area (Å²) in [6.07, 6.45) is 9.22. The van der Waals surface area contributed by atoms with Crippen LogP contribution < -0.4 is 31.9 Å². The summed E-state index contributed by atoms with van der Waals surface area (Å²) in [5, 5.41) is 21.8. The Morgan fingerprint density at radius 1 is 0.556 bits per heavy atom. The van der Waals surface area contributed by atoms with Crippen molar-refractivity contribution in [3.8, 4) is 11.3 Å². The quantitative estimate of drug-likeness (QED) is 0.0859. The van der Waals surface area contributed by atoms with Crippen molar-refractivity contribution >= 4 is 0 Å². The maximum Gasteiger partial charge on any atom is 0.0707 e. The fourth-order valence-corrected chi connectivity index (χ4v) is 8.45.